The Morgan fingerprint density at radius 2 is 2.29 bits per heavy atom. The van der Waals surface area contributed by atoms with Crippen LogP contribution in [-0.4, -0.2) is 39.3 Å². The van der Waals surface area contributed by atoms with E-state index < -0.39 is 0 Å². The molecule has 0 heterocycles. The minimum absolute atomic E-state index is 0.000920. The summed E-state index contributed by atoms with van der Waals surface area (Å²) >= 11 is 0. The molecule has 0 aromatic heterocycles. The van der Waals surface area contributed by atoms with Crippen LogP contribution >= 0.6 is 0 Å². The summed E-state index contributed by atoms with van der Waals surface area (Å²) in [7, 11) is 1.65. The monoisotopic (exact) mass is 198 g/mol. The lowest BCUT2D eigenvalue weighted by Crippen LogP contribution is -2.34. The van der Waals surface area contributed by atoms with Crippen molar-refractivity contribution in [3.8, 4) is 11.8 Å². The third kappa shape index (κ3) is 9.04. The average molecular weight is 198 g/mol. The predicted octanol–water partition coefficient (Wildman–Crippen LogP) is -0.248. The number of nitrogens with one attached hydrogen (secondary N) is 2. The van der Waals surface area contributed by atoms with E-state index in [1.165, 1.54) is 0 Å². The van der Waals surface area contributed by atoms with Crippen molar-refractivity contribution in [3.05, 3.63) is 0 Å². The van der Waals surface area contributed by atoms with Crippen molar-refractivity contribution < 1.29 is 9.53 Å². The van der Waals surface area contributed by atoms with Gasteiger partial charge >= 0.3 is 0 Å². The number of ether oxygens (including phenoxy) is 1. The van der Waals surface area contributed by atoms with Gasteiger partial charge in [-0.3, -0.25) is 10.1 Å². The van der Waals surface area contributed by atoms with Crippen molar-refractivity contribution in [3.63, 3.8) is 0 Å². The summed E-state index contributed by atoms with van der Waals surface area (Å²) in [5, 5.41) is 5.67. The Kier molecular flexibility index (Phi) is 9.28. The van der Waals surface area contributed by atoms with Crippen LogP contribution in [0.2, 0.25) is 0 Å². The molecule has 0 unspecified atom stereocenters. The fourth-order valence-corrected chi connectivity index (χ4v) is 0.834. The van der Waals surface area contributed by atoms with E-state index in [0.717, 1.165) is 6.42 Å². The highest BCUT2D eigenvalue weighted by molar-refractivity contribution is 5.77. The topological polar surface area (TPSA) is 50.4 Å². The molecule has 14 heavy (non-hydrogen) atoms. The molecule has 0 radical (unpaired) electrons. The van der Waals surface area contributed by atoms with Gasteiger partial charge in [0.05, 0.1) is 13.1 Å². The average Bonchev–Trinajstić information content (AvgIpc) is 2.19. The summed E-state index contributed by atoms with van der Waals surface area (Å²) in [5.74, 6) is 5.56. The van der Waals surface area contributed by atoms with E-state index in [2.05, 4.69) is 22.5 Å². The van der Waals surface area contributed by atoms with Crippen molar-refractivity contribution in [2.75, 3.05) is 33.4 Å². The molecule has 0 atom stereocenters. The van der Waals surface area contributed by atoms with Crippen LogP contribution in [0.4, 0.5) is 0 Å². The van der Waals surface area contributed by atoms with Crippen LogP contribution in [0.25, 0.3) is 0 Å². The molecular formula is C10H18N2O2. The van der Waals surface area contributed by atoms with Crippen LogP contribution in [0.3, 0.4) is 0 Å². The number of carbonyl (C=O) groups excluding carboxylic acids is 1. The standard InChI is InChI=1S/C10H18N2O2/c1-3-4-6-11-9-10(13)12-7-5-8-14-2/h11H,5-9H2,1-2H3,(H,12,13). The number of hydrogen-bond acceptors (Lipinski definition) is 3. The summed E-state index contributed by atoms with van der Waals surface area (Å²) in [6.07, 6.45) is 0.844. The molecule has 0 aliphatic carbocycles. The number of hydrogen-bond donors (Lipinski definition) is 2. The second-order valence-corrected chi connectivity index (χ2v) is 2.73. The largest absolute Gasteiger partial charge is 0.385 e. The highest BCUT2D eigenvalue weighted by Gasteiger charge is 1.97. The number of methoxy groups -OCH3 is 1. The molecule has 2 N–H and O–H groups in total. The second kappa shape index (κ2) is 10.0. The van der Waals surface area contributed by atoms with Crippen LogP contribution in [0, 0.1) is 11.8 Å². The van der Waals surface area contributed by atoms with Crippen molar-refractivity contribution in [2.24, 2.45) is 0 Å². The lowest BCUT2D eigenvalue weighted by atomic mass is 10.4. The Morgan fingerprint density at radius 1 is 1.50 bits per heavy atom. The molecule has 1 amide bonds. The van der Waals surface area contributed by atoms with Gasteiger partial charge < -0.3 is 10.1 Å². The van der Waals surface area contributed by atoms with Crippen molar-refractivity contribution in [1.82, 2.24) is 10.6 Å². The lowest BCUT2D eigenvalue weighted by Gasteiger charge is -2.04. The molecule has 4 nitrogen and oxygen atoms in total. The SMILES string of the molecule is CC#CCNCC(=O)NCCCOC. The van der Waals surface area contributed by atoms with Crippen molar-refractivity contribution >= 4 is 5.91 Å². The molecule has 0 bridgehead atoms. The summed E-state index contributed by atoms with van der Waals surface area (Å²) in [6.45, 7) is 3.99. The predicted molar refractivity (Wildman–Crippen MR) is 55.8 cm³/mol. The molecule has 0 fully saturated rings. The summed E-state index contributed by atoms with van der Waals surface area (Å²) in [6, 6.07) is 0. The van der Waals surface area contributed by atoms with Crippen LogP contribution in [0.5, 0.6) is 0 Å². The highest BCUT2D eigenvalue weighted by atomic mass is 16.5. The second-order valence-electron chi connectivity index (χ2n) is 2.73. The molecule has 0 spiro atoms. The summed E-state index contributed by atoms with van der Waals surface area (Å²) in [4.78, 5) is 11.1. The normalized spacial score (nSPS) is 9.00. The number of carbonyl (C=O) groups is 1. The Bertz CT molecular complexity index is 206. The first-order valence-electron chi connectivity index (χ1n) is 4.67. The zero-order chi connectivity index (χ0) is 10.6. The fraction of sp³-hybridized carbons (Fsp3) is 0.700. The van der Waals surface area contributed by atoms with Gasteiger partial charge in [0.2, 0.25) is 5.91 Å². The number of amides is 1. The molecule has 4 heteroatoms. The van der Waals surface area contributed by atoms with Crippen molar-refractivity contribution in [1.29, 1.82) is 0 Å². The molecule has 0 aliphatic heterocycles. The van der Waals surface area contributed by atoms with Gasteiger partial charge in [0.1, 0.15) is 0 Å². The Labute approximate surface area is 85.4 Å². The smallest absolute Gasteiger partial charge is 0.233 e. The van der Waals surface area contributed by atoms with E-state index in [0.29, 0.717) is 26.2 Å². The minimum atomic E-state index is -0.000920. The van der Waals surface area contributed by atoms with Gasteiger partial charge in [-0.25, -0.2) is 0 Å². The first-order valence-corrected chi connectivity index (χ1v) is 4.67. The highest BCUT2D eigenvalue weighted by Crippen LogP contribution is 1.76. The zero-order valence-electron chi connectivity index (χ0n) is 8.85. The van der Waals surface area contributed by atoms with Gasteiger partial charge in [-0.1, -0.05) is 5.92 Å². The van der Waals surface area contributed by atoms with Crippen LogP contribution in [0.15, 0.2) is 0 Å². The quantitative estimate of drug-likeness (QED) is 0.438. The maximum absolute atomic E-state index is 11.1. The fourth-order valence-electron chi connectivity index (χ4n) is 0.834. The van der Waals surface area contributed by atoms with E-state index in [9.17, 15) is 4.79 Å². The van der Waals surface area contributed by atoms with Crippen LogP contribution < -0.4 is 10.6 Å². The van der Waals surface area contributed by atoms with Gasteiger partial charge in [0.15, 0.2) is 0 Å². The molecule has 0 saturated carbocycles. The number of rotatable bonds is 7. The maximum Gasteiger partial charge on any atom is 0.233 e. The van der Waals surface area contributed by atoms with E-state index in [4.69, 9.17) is 4.74 Å². The molecule has 0 aliphatic rings. The van der Waals surface area contributed by atoms with E-state index >= 15 is 0 Å². The van der Waals surface area contributed by atoms with Crippen LogP contribution in [-0.2, 0) is 9.53 Å². The summed E-state index contributed by atoms with van der Waals surface area (Å²) in [5.41, 5.74) is 0. The summed E-state index contributed by atoms with van der Waals surface area (Å²) < 4.78 is 4.85. The Morgan fingerprint density at radius 3 is 2.93 bits per heavy atom. The van der Waals surface area contributed by atoms with E-state index in [1.807, 2.05) is 0 Å². The minimum Gasteiger partial charge on any atom is -0.385 e. The first-order chi connectivity index (χ1) is 6.81. The van der Waals surface area contributed by atoms with Gasteiger partial charge in [-0.15, -0.1) is 5.92 Å². The molecular weight excluding hydrogens is 180 g/mol. The molecule has 0 aromatic rings. The van der Waals surface area contributed by atoms with Gasteiger partial charge in [0, 0.05) is 20.3 Å². The van der Waals surface area contributed by atoms with Gasteiger partial charge in [-0.05, 0) is 13.3 Å². The van der Waals surface area contributed by atoms with Crippen molar-refractivity contribution in [2.45, 2.75) is 13.3 Å². The molecule has 80 valence electrons. The van der Waals surface area contributed by atoms with E-state index in [-0.39, 0.29) is 5.91 Å². The molecule has 0 rings (SSSR count). The van der Waals surface area contributed by atoms with E-state index in [1.54, 1.807) is 14.0 Å². The maximum atomic E-state index is 11.1. The first kappa shape index (κ1) is 12.9. The van der Waals surface area contributed by atoms with Gasteiger partial charge in [-0.2, -0.15) is 0 Å². The lowest BCUT2D eigenvalue weighted by molar-refractivity contribution is -0.120. The Balaban J connectivity index is 3.22. The molecule has 0 saturated heterocycles. The third-order valence-electron chi connectivity index (χ3n) is 1.52. The molecule has 0 aromatic carbocycles. The Hall–Kier alpha value is -1.05. The zero-order valence-corrected chi connectivity index (χ0v) is 8.85. The third-order valence-corrected chi connectivity index (χ3v) is 1.52. The van der Waals surface area contributed by atoms with Gasteiger partial charge in [0.25, 0.3) is 0 Å². The van der Waals surface area contributed by atoms with Crippen LogP contribution in [0.1, 0.15) is 13.3 Å².